The summed E-state index contributed by atoms with van der Waals surface area (Å²) in [6.45, 7) is 2.17. The Labute approximate surface area is 111 Å². The lowest BCUT2D eigenvalue weighted by Crippen LogP contribution is -1.94. The fourth-order valence-electron chi connectivity index (χ4n) is 1.44. The van der Waals surface area contributed by atoms with Crippen molar-refractivity contribution in [2.75, 3.05) is 6.61 Å². The molecule has 0 unspecified atom stereocenters. The summed E-state index contributed by atoms with van der Waals surface area (Å²) in [6, 6.07) is 6.29. The molecular formula is C12H8BrFN2O2. The van der Waals surface area contributed by atoms with Gasteiger partial charge in [-0.1, -0.05) is 5.16 Å². The van der Waals surface area contributed by atoms with Gasteiger partial charge >= 0.3 is 0 Å². The first-order valence-corrected chi connectivity index (χ1v) is 5.94. The smallest absolute Gasteiger partial charge is 0.198 e. The van der Waals surface area contributed by atoms with Crippen molar-refractivity contribution in [3.63, 3.8) is 0 Å². The molecule has 2 aromatic rings. The summed E-state index contributed by atoms with van der Waals surface area (Å²) in [7, 11) is 0. The van der Waals surface area contributed by atoms with Crippen LogP contribution in [-0.4, -0.2) is 11.8 Å². The molecule has 2 rings (SSSR count). The molecule has 1 heterocycles. The molecule has 0 aliphatic rings. The lowest BCUT2D eigenvalue weighted by atomic mass is 10.1. The molecule has 1 aromatic heterocycles. The second-order valence-electron chi connectivity index (χ2n) is 3.36. The van der Waals surface area contributed by atoms with E-state index in [0.29, 0.717) is 22.4 Å². The molecule has 0 radical (unpaired) electrons. The quantitative estimate of drug-likeness (QED) is 0.870. The summed E-state index contributed by atoms with van der Waals surface area (Å²) >= 11 is 3.19. The Kier molecular flexibility index (Phi) is 3.63. The second-order valence-corrected chi connectivity index (χ2v) is 4.16. The summed E-state index contributed by atoms with van der Waals surface area (Å²) in [5.41, 5.74) is 0.608. The van der Waals surface area contributed by atoms with E-state index in [1.165, 1.54) is 12.1 Å². The number of aromatic nitrogens is 1. The molecule has 1 aromatic carbocycles. The van der Waals surface area contributed by atoms with E-state index in [2.05, 4.69) is 21.1 Å². The van der Waals surface area contributed by atoms with Gasteiger partial charge in [0.2, 0.25) is 0 Å². The van der Waals surface area contributed by atoms with E-state index in [0.717, 1.165) is 0 Å². The van der Waals surface area contributed by atoms with Gasteiger partial charge in [-0.15, -0.1) is 0 Å². The molecule has 92 valence electrons. The SMILES string of the molecule is CCOc1ccc(-c2onc(C#N)c2Br)cc1F. The predicted octanol–water partition coefficient (Wildman–Crippen LogP) is 3.51. The number of hydrogen-bond donors (Lipinski definition) is 0. The Bertz CT molecular complexity index is 619. The lowest BCUT2D eigenvalue weighted by Gasteiger charge is -2.05. The van der Waals surface area contributed by atoms with E-state index >= 15 is 0 Å². The van der Waals surface area contributed by atoms with Crippen LogP contribution in [0.3, 0.4) is 0 Å². The Morgan fingerprint density at radius 3 is 2.89 bits per heavy atom. The third kappa shape index (κ3) is 2.22. The highest BCUT2D eigenvalue weighted by Gasteiger charge is 2.16. The third-order valence-electron chi connectivity index (χ3n) is 2.24. The normalized spacial score (nSPS) is 10.1. The van der Waals surface area contributed by atoms with Gasteiger partial charge in [-0.3, -0.25) is 0 Å². The van der Waals surface area contributed by atoms with Gasteiger partial charge in [0.25, 0.3) is 0 Å². The molecule has 0 atom stereocenters. The van der Waals surface area contributed by atoms with Gasteiger partial charge in [-0.05, 0) is 41.1 Å². The number of nitriles is 1. The van der Waals surface area contributed by atoms with Crippen LogP contribution < -0.4 is 4.74 Å². The maximum Gasteiger partial charge on any atom is 0.198 e. The molecule has 0 fully saturated rings. The van der Waals surface area contributed by atoms with Gasteiger partial charge in [0.1, 0.15) is 10.5 Å². The lowest BCUT2D eigenvalue weighted by molar-refractivity contribution is 0.321. The highest BCUT2D eigenvalue weighted by molar-refractivity contribution is 9.10. The Balaban J connectivity index is 2.43. The molecule has 4 nitrogen and oxygen atoms in total. The molecule has 18 heavy (non-hydrogen) atoms. The first-order chi connectivity index (χ1) is 8.67. The van der Waals surface area contributed by atoms with E-state index in [4.69, 9.17) is 14.5 Å². The van der Waals surface area contributed by atoms with Crippen LogP contribution in [-0.2, 0) is 0 Å². The highest BCUT2D eigenvalue weighted by atomic mass is 79.9. The topological polar surface area (TPSA) is 59.1 Å². The third-order valence-corrected chi connectivity index (χ3v) is 2.97. The van der Waals surface area contributed by atoms with Crippen molar-refractivity contribution in [2.24, 2.45) is 0 Å². The molecule has 0 aliphatic carbocycles. The van der Waals surface area contributed by atoms with Crippen LogP contribution in [0.4, 0.5) is 4.39 Å². The van der Waals surface area contributed by atoms with Gasteiger partial charge in [-0.2, -0.15) is 5.26 Å². The van der Waals surface area contributed by atoms with Crippen LogP contribution in [0.25, 0.3) is 11.3 Å². The van der Waals surface area contributed by atoms with Crippen LogP contribution >= 0.6 is 15.9 Å². The van der Waals surface area contributed by atoms with Gasteiger partial charge in [0.05, 0.1) is 6.61 Å². The first-order valence-electron chi connectivity index (χ1n) is 5.15. The van der Waals surface area contributed by atoms with E-state index in [9.17, 15) is 4.39 Å². The van der Waals surface area contributed by atoms with Crippen molar-refractivity contribution in [2.45, 2.75) is 6.92 Å². The summed E-state index contributed by atoms with van der Waals surface area (Å²) in [5.74, 6) is 0.00190. The molecular weight excluding hydrogens is 303 g/mol. The van der Waals surface area contributed by atoms with Gasteiger partial charge in [-0.25, -0.2) is 4.39 Å². The number of benzene rings is 1. The summed E-state index contributed by atoms with van der Waals surface area (Å²) in [4.78, 5) is 0. The Hall–Kier alpha value is -1.87. The maximum atomic E-state index is 13.7. The van der Waals surface area contributed by atoms with E-state index in [1.807, 2.05) is 6.07 Å². The summed E-state index contributed by atoms with van der Waals surface area (Å²) in [5, 5.41) is 12.3. The minimum absolute atomic E-state index is 0.124. The van der Waals surface area contributed by atoms with Crippen molar-refractivity contribution in [3.05, 3.63) is 34.2 Å². The molecule has 0 aliphatic heterocycles. The summed E-state index contributed by atoms with van der Waals surface area (Å²) < 4.78 is 24.2. The van der Waals surface area contributed by atoms with Gasteiger partial charge in [0, 0.05) is 5.56 Å². The zero-order chi connectivity index (χ0) is 13.1. The minimum Gasteiger partial charge on any atom is -0.491 e. The van der Waals surface area contributed by atoms with Crippen molar-refractivity contribution in [1.29, 1.82) is 5.26 Å². The monoisotopic (exact) mass is 310 g/mol. The van der Waals surface area contributed by atoms with Crippen molar-refractivity contribution >= 4 is 15.9 Å². The average molecular weight is 311 g/mol. The number of nitrogens with zero attached hydrogens (tertiary/aromatic N) is 2. The van der Waals surface area contributed by atoms with Crippen molar-refractivity contribution in [1.82, 2.24) is 5.16 Å². The number of rotatable bonds is 3. The molecule has 6 heteroatoms. The van der Waals surface area contributed by atoms with Crippen molar-refractivity contribution < 1.29 is 13.7 Å². The zero-order valence-corrected chi connectivity index (χ0v) is 11.0. The number of halogens is 2. The Morgan fingerprint density at radius 1 is 1.56 bits per heavy atom. The zero-order valence-electron chi connectivity index (χ0n) is 9.41. The standard InChI is InChI=1S/C12H8BrFN2O2/c1-2-17-10-4-3-7(5-8(10)14)12-11(13)9(6-15)16-18-12/h3-5H,2H2,1H3. The van der Waals surface area contributed by atoms with Crippen LogP contribution in [0.1, 0.15) is 12.6 Å². The van der Waals surface area contributed by atoms with Gasteiger partial charge < -0.3 is 9.26 Å². The average Bonchev–Trinajstić information content (AvgIpc) is 2.73. The van der Waals surface area contributed by atoms with E-state index < -0.39 is 5.82 Å². The summed E-state index contributed by atoms with van der Waals surface area (Å²) in [6.07, 6.45) is 0. The Morgan fingerprint density at radius 2 is 2.33 bits per heavy atom. The maximum absolute atomic E-state index is 13.7. The molecule has 0 spiro atoms. The molecule has 0 N–H and O–H groups in total. The largest absolute Gasteiger partial charge is 0.491 e. The number of hydrogen-bond acceptors (Lipinski definition) is 4. The molecule has 0 bridgehead atoms. The second kappa shape index (κ2) is 5.19. The molecule has 0 amide bonds. The fraction of sp³-hybridized carbons (Fsp3) is 0.167. The van der Waals surface area contributed by atoms with Gasteiger partial charge in [0.15, 0.2) is 23.0 Å². The molecule has 0 saturated heterocycles. The molecule has 0 saturated carbocycles. The van der Waals surface area contributed by atoms with E-state index in [1.54, 1.807) is 13.0 Å². The van der Waals surface area contributed by atoms with Crippen molar-refractivity contribution in [3.8, 4) is 23.1 Å². The van der Waals surface area contributed by atoms with Crippen LogP contribution in [0.2, 0.25) is 0 Å². The fourth-order valence-corrected chi connectivity index (χ4v) is 1.90. The predicted molar refractivity (Wildman–Crippen MR) is 65.5 cm³/mol. The highest BCUT2D eigenvalue weighted by Crippen LogP contribution is 2.32. The first kappa shape index (κ1) is 12.6. The number of ether oxygens (including phenoxy) is 1. The minimum atomic E-state index is -0.490. The van der Waals surface area contributed by atoms with Crippen LogP contribution in [0.5, 0.6) is 5.75 Å². The van der Waals surface area contributed by atoms with Crippen LogP contribution in [0.15, 0.2) is 27.2 Å². The van der Waals surface area contributed by atoms with E-state index in [-0.39, 0.29) is 11.4 Å². The van der Waals surface area contributed by atoms with Crippen LogP contribution in [0, 0.1) is 17.1 Å².